The first-order chi connectivity index (χ1) is 14.3. The Labute approximate surface area is 172 Å². The molecular formula is C23H28N4O2. The largest absolute Gasteiger partial charge is 0.496 e. The molecule has 0 spiro atoms. The third kappa shape index (κ3) is 4.49. The zero-order valence-corrected chi connectivity index (χ0v) is 17.2. The van der Waals surface area contributed by atoms with Gasteiger partial charge in [0.05, 0.1) is 38.0 Å². The Balaban J connectivity index is 1.65. The van der Waals surface area contributed by atoms with Gasteiger partial charge in [-0.05, 0) is 37.6 Å². The molecule has 1 saturated heterocycles. The third-order valence-corrected chi connectivity index (χ3v) is 5.31. The van der Waals surface area contributed by atoms with E-state index in [1.807, 2.05) is 37.5 Å². The summed E-state index contributed by atoms with van der Waals surface area (Å²) in [5, 5.41) is 0. The molecule has 0 radical (unpaired) electrons. The highest BCUT2D eigenvalue weighted by atomic mass is 16.5. The fourth-order valence-corrected chi connectivity index (χ4v) is 3.82. The Morgan fingerprint density at radius 1 is 1.03 bits per heavy atom. The van der Waals surface area contributed by atoms with E-state index in [4.69, 9.17) is 19.4 Å². The first-order valence-electron chi connectivity index (χ1n) is 10.2. The van der Waals surface area contributed by atoms with Crippen molar-refractivity contribution < 1.29 is 9.47 Å². The zero-order valence-electron chi connectivity index (χ0n) is 17.2. The molecule has 1 fully saturated rings. The number of pyridine rings is 1. The lowest BCUT2D eigenvalue weighted by Gasteiger charge is -2.26. The maximum absolute atomic E-state index is 5.60. The Hall–Kier alpha value is -2.70. The van der Waals surface area contributed by atoms with Crippen molar-refractivity contribution in [3.8, 4) is 28.4 Å². The summed E-state index contributed by atoms with van der Waals surface area (Å²) < 4.78 is 13.3. The van der Waals surface area contributed by atoms with Gasteiger partial charge in [-0.3, -0.25) is 9.88 Å². The van der Waals surface area contributed by atoms with E-state index in [1.165, 1.54) is 0 Å². The molecule has 2 aromatic heterocycles. The SMILES string of the molecule is COc1ccccc1-c1ncn(CCCN2CCOCC2)c1-c1cccc(C)n1. The Kier molecular flexibility index (Phi) is 6.22. The van der Waals surface area contributed by atoms with Crippen LogP contribution in [0.1, 0.15) is 12.1 Å². The van der Waals surface area contributed by atoms with Crippen molar-refractivity contribution in [3.63, 3.8) is 0 Å². The number of aryl methyl sites for hydroxylation is 2. The first kappa shape index (κ1) is 19.6. The second kappa shape index (κ2) is 9.20. The van der Waals surface area contributed by atoms with Crippen LogP contribution in [0.3, 0.4) is 0 Å². The molecule has 29 heavy (non-hydrogen) atoms. The predicted octanol–water partition coefficient (Wildman–Crippen LogP) is 3.65. The molecule has 3 heterocycles. The number of hydrogen-bond acceptors (Lipinski definition) is 5. The summed E-state index contributed by atoms with van der Waals surface area (Å²) in [7, 11) is 1.70. The smallest absolute Gasteiger partial charge is 0.128 e. The summed E-state index contributed by atoms with van der Waals surface area (Å²) in [6.45, 7) is 7.68. The average Bonchev–Trinajstić information content (AvgIpc) is 3.18. The molecular weight excluding hydrogens is 364 g/mol. The molecule has 0 amide bonds. The summed E-state index contributed by atoms with van der Waals surface area (Å²) in [5.74, 6) is 0.819. The second-order valence-corrected chi connectivity index (χ2v) is 7.31. The molecule has 0 unspecified atom stereocenters. The number of ether oxygens (including phenoxy) is 2. The van der Waals surface area contributed by atoms with Crippen molar-refractivity contribution >= 4 is 0 Å². The van der Waals surface area contributed by atoms with Gasteiger partial charge in [-0.15, -0.1) is 0 Å². The fraction of sp³-hybridized carbons (Fsp3) is 0.391. The Morgan fingerprint density at radius 2 is 1.86 bits per heavy atom. The summed E-state index contributed by atoms with van der Waals surface area (Å²) in [6.07, 6.45) is 2.99. The van der Waals surface area contributed by atoms with E-state index >= 15 is 0 Å². The van der Waals surface area contributed by atoms with Crippen LogP contribution in [0.25, 0.3) is 22.6 Å². The molecule has 0 saturated carbocycles. The topological polar surface area (TPSA) is 52.4 Å². The third-order valence-electron chi connectivity index (χ3n) is 5.31. The molecule has 0 N–H and O–H groups in total. The molecule has 6 heteroatoms. The van der Waals surface area contributed by atoms with Crippen molar-refractivity contribution in [2.75, 3.05) is 40.0 Å². The maximum atomic E-state index is 5.60. The lowest BCUT2D eigenvalue weighted by molar-refractivity contribution is 0.0369. The zero-order chi connectivity index (χ0) is 20.1. The van der Waals surface area contributed by atoms with Gasteiger partial charge in [-0.2, -0.15) is 0 Å². The number of benzene rings is 1. The van der Waals surface area contributed by atoms with Crippen LogP contribution in [-0.4, -0.2) is 59.4 Å². The van der Waals surface area contributed by atoms with Crippen LogP contribution in [-0.2, 0) is 11.3 Å². The monoisotopic (exact) mass is 392 g/mol. The summed E-state index contributed by atoms with van der Waals surface area (Å²) in [4.78, 5) is 12.0. The van der Waals surface area contributed by atoms with Crippen LogP contribution in [0.4, 0.5) is 0 Å². The van der Waals surface area contributed by atoms with Crippen LogP contribution in [0.15, 0.2) is 48.8 Å². The number of aromatic nitrogens is 3. The number of nitrogens with zero attached hydrogens (tertiary/aromatic N) is 4. The molecule has 4 rings (SSSR count). The van der Waals surface area contributed by atoms with E-state index in [9.17, 15) is 0 Å². The number of imidazole rings is 1. The van der Waals surface area contributed by atoms with E-state index in [-0.39, 0.29) is 0 Å². The minimum atomic E-state index is 0.819. The van der Waals surface area contributed by atoms with E-state index in [2.05, 4.69) is 27.7 Å². The standard InChI is InChI=1S/C23H28N4O2/c1-18-7-5-9-20(25-18)23-22(19-8-3-4-10-21(19)28-2)24-17-27(23)12-6-11-26-13-15-29-16-14-26/h3-5,7-10,17H,6,11-16H2,1-2H3. The van der Waals surface area contributed by atoms with Crippen LogP contribution < -0.4 is 4.74 Å². The van der Waals surface area contributed by atoms with Crippen molar-refractivity contribution in [2.24, 2.45) is 0 Å². The van der Waals surface area contributed by atoms with Gasteiger partial charge in [-0.25, -0.2) is 4.98 Å². The van der Waals surface area contributed by atoms with E-state index in [1.54, 1.807) is 7.11 Å². The normalized spacial score (nSPS) is 14.8. The van der Waals surface area contributed by atoms with Crippen molar-refractivity contribution in [2.45, 2.75) is 19.9 Å². The van der Waals surface area contributed by atoms with Crippen LogP contribution >= 0.6 is 0 Å². The van der Waals surface area contributed by atoms with Gasteiger partial charge in [0.25, 0.3) is 0 Å². The molecule has 1 aliphatic rings. The van der Waals surface area contributed by atoms with Crippen LogP contribution in [0.5, 0.6) is 5.75 Å². The van der Waals surface area contributed by atoms with Crippen molar-refractivity contribution in [1.29, 1.82) is 0 Å². The minimum Gasteiger partial charge on any atom is -0.496 e. The quantitative estimate of drug-likeness (QED) is 0.614. The Morgan fingerprint density at radius 3 is 2.66 bits per heavy atom. The molecule has 1 aliphatic heterocycles. The highest BCUT2D eigenvalue weighted by Gasteiger charge is 2.19. The van der Waals surface area contributed by atoms with Crippen molar-refractivity contribution in [3.05, 3.63) is 54.5 Å². The van der Waals surface area contributed by atoms with Gasteiger partial charge >= 0.3 is 0 Å². The maximum Gasteiger partial charge on any atom is 0.128 e. The van der Waals surface area contributed by atoms with Gasteiger partial charge in [-0.1, -0.05) is 18.2 Å². The number of morpholine rings is 1. The van der Waals surface area contributed by atoms with Gasteiger partial charge < -0.3 is 14.0 Å². The first-order valence-corrected chi connectivity index (χ1v) is 10.2. The average molecular weight is 393 g/mol. The molecule has 0 atom stereocenters. The van der Waals surface area contributed by atoms with E-state index in [0.29, 0.717) is 0 Å². The molecule has 1 aromatic carbocycles. The predicted molar refractivity (Wildman–Crippen MR) is 114 cm³/mol. The summed E-state index contributed by atoms with van der Waals surface area (Å²) in [6, 6.07) is 14.1. The van der Waals surface area contributed by atoms with Gasteiger partial charge in [0.1, 0.15) is 11.4 Å². The number of rotatable bonds is 7. The molecule has 6 nitrogen and oxygen atoms in total. The number of hydrogen-bond donors (Lipinski definition) is 0. The second-order valence-electron chi connectivity index (χ2n) is 7.31. The molecule has 0 bridgehead atoms. The number of para-hydroxylation sites is 1. The summed E-state index contributed by atoms with van der Waals surface area (Å²) >= 11 is 0. The van der Waals surface area contributed by atoms with Crippen molar-refractivity contribution in [1.82, 2.24) is 19.4 Å². The van der Waals surface area contributed by atoms with Crippen LogP contribution in [0, 0.1) is 6.92 Å². The Bertz CT molecular complexity index is 948. The highest BCUT2D eigenvalue weighted by Crippen LogP contribution is 2.35. The lowest BCUT2D eigenvalue weighted by Crippen LogP contribution is -2.37. The minimum absolute atomic E-state index is 0.819. The fourth-order valence-electron chi connectivity index (χ4n) is 3.82. The lowest BCUT2D eigenvalue weighted by atomic mass is 10.1. The molecule has 152 valence electrons. The van der Waals surface area contributed by atoms with Gasteiger partial charge in [0.2, 0.25) is 0 Å². The molecule has 0 aliphatic carbocycles. The van der Waals surface area contributed by atoms with E-state index < -0.39 is 0 Å². The highest BCUT2D eigenvalue weighted by molar-refractivity contribution is 5.80. The molecule has 3 aromatic rings. The van der Waals surface area contributed by atoms with Crippen LogP contribution in [0.2, 0.25) is 0 Å². The number of methoxy groups -OCH3 is 1. The van der Waals surface area contributed by atoms with E-state index in [0.717, 1.165) is 79.9 Å². The van der Waals surface area contributed by atoms with Gasteiger partial charge in [0.15, 0.2) is 0 Å². The summed E-state index contributed by atoms with van der Waals surface area (Å²) in [5.41, 5.74) is 4.87. The van der Waals surface area contributed by atoms with Gasteiger partial charge in [0, 0.05) is 37.4 Å².